The number of hydrogen-bond acceptors (Lipinski definition) is 3. The summed E-state index contributed by atoms with van der Waals surface area (Å²) in [6, 6.07) is 22.7. The van der Waals surface area contributed by atoms with E-state index in [0.29, 0.717) is 42.0 Å². The third kappa shape index (κ3) is 4.49. The summed E-state index contributed by atoms with van der Waals surface area (Å²) in [5.74, 6) is -0.899. The van der Waals surface area contributed by atoms with Crippen molar-refractivity contribution in [3.8, 4) is 17.2 Å². The maximum Gasteiger partial charge on any atom is 0.266 e. The summed E-state index contributed by atoms with van der Waals surface area (Å²) >= 11 is 0. The van der Waals surface area contributed by atoms with Gasteiger partial charge in [-0.2, -0.15) is 5.26 Å². The Morgan fingerprint density at radius 3 is 2.36 bits per heavy atom. The van der Waals surface area contributed by atoms with E-state index in [1.165, 1.54) is 12.1 Å². The summed E-state index contributed by atoms with van der Waals surface area (Å²) in [6.07, 6.45) is 1.71. The molecule has 0 fully saturated rings. The van der Waals surface area contributed by atoms with Crippen LogP contribution < -0.4 is 5.56 Å². The fourth-order valence-electron chi connectivity index (χ4n) is 4.70. The molecular weight excluding hydrogens is 456 g/mol. The van der Waals surface area contributed by atoms with E-state index in [2.05, 4.69) is 22.0 Å². The lowest BCUT2D eigenvalue weighted by Gasteiger charge is -2.32. The quantitative estimate of drug-likeness (QED) is 0.387. The van der Waals surface area contributed by atoms with Crippen LogP contribution in [-0.2, 0) is 13.1 Å². The van der Waals surface area contributed by atoms with Crippen molar-refractivity contribution in [3.05, 3.63) is 128 Å². The summed E-state index contributed by atoms with van der Waals surface area (Å²) < 4.78 is 29.5. The van der Waals surface area contributed by atoms with Gasteiger partial charge in [0.05, 0.1) is 5.69 Å². The van der Waals surface area contributed by atoms with Gasteiger partial charge in [0, 0.05) is 36.3 Å². The number of nitriles is 1. The number of pyridine rings is 1. The standard InChI is InChI=1S/C30H23F2N3O/c1-19-10-12-20(13-11-19)16-35-17-22(14-21-6-2-4-8-26(21)31)29-25(18-35)28(24(15-33)30(36)34-29)23-7-3-5-9-27(23)32/h2-14H,16-18H2,1H3,(H,34,36)/b22-14-. The van der Waals surface area contributed by atoms with Gasteiger partial charge in [0.25, 0.3) is 5.56 Å². The lowest BCUT2D eigenvalue weighted by molar-refractivity contribution is 0.282. The van der Waals surface area contributed by atoms with E-state index in [-0.39, 0.29) is 22.5 Å². The summed E-state index contributed by atoms with van der Waals surface area (Å²) in [4.78, 5) is 18.0. The fraction of sp³-hybridized carbons (Fsp3) is 0.133. The molecule has 0 unspecified atom stereocenters. The molecule has 0 bridgehead atoms. The smallest absolute Gasteiger partial charge is 0.266 e. The molecule has 0 aliphatic carbocycles. The van der Waals surface area contributed by atoms with Crippen molar-refractivity contribution in [2.45, 2.75) is 20.0 Å². The molecule has 0 atom stereocenters. The molecule has 0 amide bonds. The monoisotopic (exact) mass is 479 g/mol. The van der Waals surface area contributed by atoms with Crippen molar-refractivity contribution in [1.29, 1.82) is 5.26 Å². The largest absolute Gasteiger partial charge is 0.321 e. The van der Waals surface area contributed by atoms with E-state index >= 15 is 0 Å². The van der Waals surface area contributed by atoms with E-state index in [1.54, 1.807) is 42.5 Å². The molecule has 0 spiro atoms. The van der Waals surface area contributed by atoms with Gasteiger partial charge in [0.1, 0.15) is 23.3 Å². The van der Waals surface area contributed by atoms with Gasteiger partial charge in [0.15, 0.2) is 0 Å². The van der Waals surface area contributed by atoms with Gasteiger partial charge in [-0.3, -0.25) is 9.69 Å². The zero-order valence-electron chi connectivity index (χ0n) is 19.7. The van der Waals surface area contributed by atoms with Crippen LogP contribution in [0.3, 0.4) is 0 Å². The van der Waals surface area contributed by atoms with Crippen LogP contribution in [0.4, 0.5) is 8.78 Å². The van der Waals surface area contributed by atoms with E-state index in [1.807, 2.05) is 25.1 Å². The molecule has 1 aromatic heterocycles. The lowest BCUT2D eigenvalue weighted by Crippen LogP contribution is -2.33. The Morgan fingerprint density at radius 2 is 1.67 bits per heavy atom. The minimum Gasteiger partial charge on any atom is -0.321 e. The van der Waals surface area contributed by atoms with Crippen molar-refractivity contribution in [2.24, 2.45) is 0 Å². The molecule has 1 N–H and O–H groups in total. The predicted octanol–water partition coefficient (Wildman–Crippen LogP) is 6.06. The highest BCUT2D eigenvalue weighted by molar-refractivity contribution is 5.87. The summed E-state index contributed by atoms with van der Waals surface area (Å²) in [6.45, 7) is 3.43. The third-order valence-corrected chi connectivity index (χ3v) is 6.43. The number of benzene rings is 3. The molecule has 4 nitrogen and oxygen atoms in total. The van der Waals surface area contributed by atoms with Crippen LogP contribution >= 0.6 is 0 Å². The van der Waals surface area contributed by atoms with E-state index < -0.39 is 11.4 Å². The Morgan fingerprint density at radius 1 is 0.972 bits per heavy atom. The van der Waals surface area contributed by atoms with Gasteiger partial charge in [-0.15, -0.1) is 0 Å². The second-order valence-electron chi connectivity index (χ2n) is 8.97. The van der Waals surface area contributed by atoms with Crippen LogP contribution in [0.1, 0.15) is 33.5 Å². The van der Waals surface area contributed by atoms with Crippen molar-refractivity contribution in [1.82, 2.24) is 9.88 Å². The second-order valence-corrected chi connectivity index (χ2v) is 8.97. The average Bonchev–Trinajstić information content (AvgIpc) is 2.87. The normalized spacial score (nSPS) is 14.4. The molecule has 3 aromatic carbocycles. The molecule has 5 rings (SSSR count). The molecule has 1 aliphatic rings. The maximum atomic E-state index is 15.0. The number of aryl methyl sites for hydroxylation is 1. The number of aromatic nitrogens is 1. The molecule has 178 valence electrons. The van der Waals surface area contributed by atoms with Gasteiger partial charge in [0.2, 0.25) is 0 Å². The molecule has 0 saturated heterocycles. The molecule has 2 heterocycles. The highest BCUT2D eigenvalue weighted by Crippen LogP contribution is 2.37. The van der Waals surface area contributed by atoms with Gasteiger partial charge < -0.3 is 4.98 Å². The highest BCUT2D eigenvalue weighted by atomic mass is 19.1. The first kappa shape index (κ1) is 23.4. The first-order valence-electron chi connectivity index (χ1n) is 11.6. The van der Waals surface area contributed by atoms with Gasteiger partial charge in [-0.1, -0.05) is 66.2 Å². The van der Waals surface area contributed by atoms with Crippen LogP contribution in [0.2, 0.25) is 0 Å². The van der Waals surface area contributed by atoms with Gasteiger partial charge in [-0.25, -0.2) is 8.78 Å². The number of aromatic amines is 1. The SMILES string of the molecule is Cc1ccc(CN2C/C(=C/c3ccccc3F)c3[nH]c(=O)c(C#N)c(-c4ccccc4F)c3C2)cc1. The molecule has 0 radical (unpaired) electrons. The first-order chi connectivity index (χ1) is 17.4. The molecule has 0 saturated carbocycles. The molecule has 4 aromatic rings. The van der Waals surface area contributed by atoms with E-state index in [4.69, 9.17) is 0 Å². The van der Waals surface area contributed by atoms with Crippen LogP contribution in [0.5, 0.6) is 0 Å². The van der Waals surface area contributed by atoms with Crippen molar-refractivity contribution >= 4 is 11.6 Å². The molecule has 36 heavy (non-hydrogen) atoms. The Balaban J connectivity index is 1.73. The van der Waals surface area contributed by atoms with Crippen LogP contribution in [0, 0.1) is 29.9 Å². The minimum absolute atomic E-state index is 0.138. The Labute approximate surface area is 207 Å². The number of fused-ring (bicyclic) bond motifs is 1. The number of hydrogen-bond donors (Lipinski definition) is 1. The second kappa shape index (κ2) is 9.73. The molecule has 6 heteroatoms. The van der Waals surface area contributed by atoms with Crippen molar-refractivity contribution in [3.63, 3.8) is 0 Å². The zero-order chi connectivity index (χ0) is 25.2. The predicted molar refractivity (Wildman–Crippen MR) is 137 cm³/mol. The summed E-state index contributed by atoms with van der Waals surface area (Å²) in [5, 5.41) is 9.85. The molecular formula is C30H23F2N3O. The number of nitrogens with zero attached hydrogens (tertiary/aromatic N) is 2. The van der Waals surface area contributed by atoms with Crippen LogP contribution in [-0.4, -0.2) is 16.4 Å². The zero-order valence-corrected chi connectivity index (χ0v) is 19.7. The van der Waals surface area contributed by atoms with Crippen molar-refractivity contribution in [2.75, 3.05) is 6.54 Å². The molecule has 1 aliphatic heterocycles. The Kier molecular flexibility index (Phi) is 6.32. The summed E-state index contributed by atoms with van der Waals surface area (Å²) in [7, 11) is 0. The van der Waals surface area contributed by atoms with Crippen molar-refractivity contribution < 1.29 is 8.78 Å². The highest BCUT2D eigenvalue weighted by Gasteiger charge is 2.29. The number of nitrogens with one attached hydrogen (secondary N) is 1. The first-order valence-corrected chi connectivity index (χ1v) is 11.6. The number of H-pyrrole nitrogens is 1. The topological polar surface area (TPSA) is 59.9 Å². The average molecular weight is 480 g/mol. The number of halogens is 2. The maximum absolute atomic E-state index is 15.0. The Bertz CT molecular complexity index is 1580. The fourth-order valence-corrected chi connectivity index (χ4v) is 4.70. The van der Waals surface area contributed by atoms with E-state index in [9.17, 15) is 18.8 Å². The van der Waals surface area contributed by atoms with E-state index in [0.717, 1.165) is 11.1 Å². The summed E-state index contributed by atoms with van der Waals surface area (Å²) in [5.41, 5.74) is 4.19. The third-order valence-electron chi connectivity index (χ3n) is 6.43. The lowest BCUT2D eigenvalue weighted by atomic mass is 9.88. The minimum atomic E-state index is -0.596. The van der Waals surface area contributed by atoms with Gasteiger partial charge in [-0.05, 0) is 41.8 Å². The Hall–Kier alpha value is -4.34. The van der Waals surface area contributed by atoms with Gasteiger partial charge >= 0.3 is 0 Å². The number of rotatable bonds is 4. The van der Waals surface area contributed by atoms with Crippen LogP contribution in [0.25, 0.3) is 22.8 Å². The van der Waals surface area contributed by atoms with Crippen LogP contribution in [0.15, 0.2) is 77.6 Å².